The number of anilines is 3. The molecule has 0 bridgehead atoms. The van der Waals surface area contributed by atoms with Crippen molar-refractivity contribution in [3.05, 3.63) is 206 Å². The zero-order valence-electron chi connectivity index (χ0n) is 31.3. The molecular weight excluding hydrogens is 725 g/mol. The van der Waals surface area contributed by atoms with Crippen LogP contribution in [0.2, 0.25) is 0 Å². The van der Waals surface area contributed by atoms with Crippen molar-refractivity contribution in [1.82, 2.24) is 4.57 Å². The van der Waals surface area contributed by atoms with Gasteiger partial charge in [0.2, 0.25) is 0 Å². The van der Waals surface area contributed by atoms with E-state index in [2.05, 4.69) is 210 Å². The number of para-hydroxylation sites is 4. The highest BCUT2D eigenvalue weighted by Crippen LogP contribution is 2.48. The maximum atomic E-state index is 6.43. The molecule has 0 unspecified atom stereocenters. The van der Waals surface area contributed by atoms with Crippen molar-refractivity contribution in [3.63, 3.8) is 0 Å². The van der Waals surface area contributed by atoms with Crippen molar-refractivity contribution in [2.45, 2.75) is 0 Å². The molecule has 0 N–H and O–H groups in total. The fourth-order valence-corrected chi connectivity index (χ4v) is 10.2. The SMILES string of the molecule is c1cc(-c2ccc(N(c3cccc4oc5ccccc5c34)c3cccc4sc5ccccc5c34)cc2)cc(-c2ccccc2-n2c3ccccc3c3ccccc32)c1. The highest BCUT2D eigenvalue weighted by molar-refractivity contribution is 7.26. The van der Waals surface area contributed by atoms with E-state index in [-0.39, 0.29) is 0 Å². The van der Waals surface area contributed by atoms with E-state index in [9.17, 15) is 0 Å². The maximum absolute atomic E-state index is 6.43. The average Bonchev–Trinajstić information content (AvgIpc) is 3.97. The lowest BCUT2D eigenvalue weighted by Gasteiger charge is -2.27. The summed E-state index contributed by atoms with van der Waals surface area (Å²) in [6, 6.07) is 74.4. The Labute approximate surface area is 338 Å². The molecule has 0 saturated heterocycles. The van der Waals surface area contributed by atoms with Crippen molar-refractivity contribution >= 4 is 92.3 Å². The van der Waals surface area contributed by atoms with E-state index in [0.717, 1.165) is 44.6 Å². The summed E-state index contributed by atoms with van der Waals surface area (Å²) in [5.41, 5.74) is 13.3. The molecule has 0 spiro atoms. The minimum Gasteiger partial charge on any atom is -0.456 e. The Morgan fingerprint density at radius 3 is 1.79 bits per heavy atom. The van der Waals surface area contributed by atoms with Gasteiger partial charge in [-0.3, -0.25) is 0 Å². The predicted molar refractivity (Wildman–Crippen MR) is 247 cm³/mol. The van der Waals surface area contributed by atoms with Crippen LogP contribution in [-0.4, -0.2) is 4.57 Å². The largest absolute Gasteiger partial charge is 0.456 e. The number of hydrogen-bond donors (Lipinski definition) is 0. The molecule has 58 heavy (non-hydrogen) atoms. The van der Waals surface area contributed by atoms with Gasteiger partial charge in [-0.2, -0.15) is 0 Å². The molecule has 4 heteroatoms. The van der Waals surface area contributed by atoms with Gasteiger partial charge in [0.05, 0.1) is 33.5 Å². The van der Waals surface area contributed by atoms with Crippen LogP contribution in [-0.2, 0) is 0 Å². The van der Waals surface area contributed by atoms with Crippen LogP contribution in [0, 0.1) is 0 Å². The van der Waals surface area contributed by atoms with Crippen LogP contribution in [0.15, 0.2) is 211 Å². The first-order chi connectivity index (χ1) is 28.8. The first kappa shape index (κ1) is 32.8. The Bertz CT molecular complexity index is 3370. The van der Waals surface area contributed by atoms with E-state index in [1.807, 2.05) is 17.4 Å². The summed E-state index contributed by atoms with van der Waals surface area (Å²) in [6.07, 6.45) is 0. The summed E-state index contributed by atoms with van der Waals surface area (Å²) in [5.74, 6) is 0. The Balaban J connectivity index is 1.01. The van der Waals surface area contributed by atoms with E-state index in [4.69, 9.17) is 4.42 Å². The minimum absolute atomic E-state index is 0.876. The first-order valence-corrected chi connectivity index (χ1v) is 20.5. The normalized spacial score (nSPS) is 11.8. The Morgan fingerprint density at radius 1 is 0.397 bits per heavy atom. The molecule has 0 aliphatic heterocycles. The minimum atomic E-state index is 0.876. The number of fused-ring (bicyclic) bond motifs is 9. The third-order valence-electron chi connectivity index (χ3n) is 11.6. The third kappa shape index (κ3) is 5.05. The van der Waals surface area contributed by atoms with Crippen LogP contribution in [0.5, 0.6) is 0 Å². The summed E-state index contributed by atoms with van der Waals surface area (Å²) in [7, 11) is 0. The molecule has 12 aromatic rings. The van der Waals surface area contributed by atoms with Crippen molar-refractivity contribution in [1.29, 1.82) is 0 Å². The second-order valence-corrected chi connectivity index (χ2v) is 15.9. The van der Waals surface area contributed by atoms with E-state index in [1.165, 1.54) is 64.4 Å². The number of aromatic nitrogens is 1. The van der Waals surface area contributed by atoms with Gasteiger partial charge in [-0.1, -0.05) is 133 Å². The molecule has 0 aliphatic rings. The molecule has 0 saturated carbocycles. The Kier molecular flexibility index (Phi) is 7.40. The molecule has 0 atom stereocenters. The summed E-state index contributed by atoms with van der Waals surface area (Å²) in [4.78, 5) is 2.42. The lowest BCUT2D eigenvalue weighted by atomic mass is 9.97. The molecule has 272 valence electrons. The molecule has 0 amide bonds. The summed E-state index contributed by atoms with van der Waals surface area (Å²) < 4.78 is 11.4. The van der Waals surface area contributed by atoms with Crippen LogP contribution in [0.1, 0.15) is 0 Å². The number of rotatable bonds is 6. The second-order valence-electron chi connectivity index (χ2n) is 14.8. The van der Waals surface area contributed by atoms with Crippen molar-refractivity contribution in [2.24, 2.45) is 0 Å². The lowest BCUT2D eigenvalue weighted by molar-refractivity contribution is 0.669. The van der Waals surface area contributed by atoms with E-state index >= 15 is 0 Å². The van der Waals surface area contributed by atoms with Crippen LogP contribution in [0.3, 0.4) is 0 Å². The zero-order chi connectivity index (χ0) is 38.2. The monoisotopic (exact) mass is 758 g/mol. The van der Waals surface area contributed by atoms with Crippen LogP contribution >= 0.6 is 11.3 Å². The van der Waals surface area contributed by atoms with Gasteiger partial charge in [-0.25, -0.2) is 0 Å². The molecule has 3 nitrogen and oxygen atoms in total. The molecule has 3 heterocycles. The fraction of sp³-hybridized carbons (Fsp3) is 0. The quantitative estimate of drug-likeness (QED) is 0.168. The fourth-order valence-electron chi connectivity index (χ4n) is 9.06. The molecule has 12 rings (SSSR count). The van der Waals surface area contributed by atoms with Crippen molar-refractivity contribution < 1.29 is 4.42 Å². The van der Waals surface area contributed by atoms with Gasteiger partial charge in [0.1, 0.15) is 11.2 Å². The maximum Gasteiger partial charge on any atom is 0.137 e. The molecule has 3 aromatic heterocycles. The summed E-state index contributed by atoms with van der Waals surface area (Å²) >= 11 is 1.84. The summed E-state index contributed by atoms with van der Waals surface area (Å²) in [5, 5.41) is 7.25. The van der Waals surface area contributed by atoms with Gasteiger partial charge in [0.15, 0.2) is 0 Å². The van der Waals surface area contributed by atoms with Gasteiger partial charge in [0.25, 0.3) is 0 Å². The van der Waals surface area contributed by atoms with Gasteiger partial charge in [0, 0.05) is 47.6 Å². The van der Waals surface area contributed by atoms with E-state index in [0.29, 0.717) is 0 Å². The highest BCUT2D eigenvalue weighted by Gasteiger charge is 2.23. The number of hydrogen-bond acceptors (Lipinski definition) is 3. The number of benzene rings is 9. The van der Waals surface area contributed by atoms with Crippen LogP contribution < -0.4 is 4.90 Å². The second kappa shape index (κ2) is 13.1. The van der Waals surface area contributed by atoms with Gasteiger partial charge in [-0.15, -0.1) is 11.3 Å². The Morgan fingerprint density at radius 2 is 0.983 bits per heavy atom. The predicted octanol–water partition coefficient (Wildman–Crippen LogP) is 15.9. The third-order valence-corrected chi connectivity index (χ3v) is 12.7. The molecule has 9 aromatic carbocycles. The molecule has 0 fully saturated rings. The van der Waals surface area contributed by atoms with E-state index < -0.39 is 0 Å². The number of furan rings is 1. The van der Waals surface area contributed by atoms with Gasteiger partial charge < -0.3 is 13.9 Å². The van der Waals surface area contributed by atoms with Crippen molar-refractivity contribution in [2.75, 3.05) is 4.90 Å². The molecule has 0 aliphatic carbocycles. The summed E-state index contributed by atoms with van der Waals surface area (Å²) in [6.45, 7) is 0. The van der Waals surface area contributed by atoms with Crippen molar-refractivity contribution in [3.8, 4) is 27.9 Å². The number of thiophene rings is 1. The van der Waals surface area contributed by atoms with E-state index in [1.54, 1.807) is 0 Å². The van der Waals surface area contributed by atoms with Crippen LogP contribution in [0.4, 0.5) is 17.1 Å². The number of nitrogens with zero attached hydrogens (tertiary/aromatic N) is 2. The van der Waals surface area contributed by atoms with Gasteiger partial charge in [-0.05, 0) is 89.5 Å². The standard InChI is InChI=1S/C54H34N2OS/c1-6-21-44(56-45-22-7-2-17-40(45)41-18-3-8-23-46(41)56)39(16-1)37-15-11-14-36(34-37)35-30-32-38(33-31-35)55(47-24-12-27-50-53(47)42-19-4-9-26-49(42)57-50)48-25-13-29-52-54(48)43-20-5-10-28-51(43)58-52/h1-34H. The van der Waals surface area contributed by atoms with Crippen LogP contribution in [0.25, 0.3) is 91.9 Å². The molecule has 0 radical (unpaired) electrons. The first-order valence-electron chi connectivity index (χ1n) is 19.7. The average molecular weight is 759 g/mol. The topological polar surface area (TPSA) is 21.3 Å². The smallest absolute Gasteiger partial charge is 0.137 e. The lowest BCUT2D eigenvalue weighted by Crippen LogP contribution is -2.10. The van der Waals surface area contributed by atoms with Gasteiger partial charge >= 0.3 is 0 Å². The highest BCUT2D eigenvalue weighted by atomic mass is 32.1. The zero-order valence-corrected chi connectivity index (χ0v) is 32.2. The molecular formula is C54H34N2OS. The Hall–Kier alpha value is -7.40.